The molecule has 3 rings (SSSR count). The minimum atomic E-state index is -3.65. The smallest absolute Gasteiger partial charge is 0.252 e. The molecule has 10 heteroatoms. The van der Waals surface area contributed by atoms with Gasteiger partial charge < -0.3 is 14.8 Å². The Kier molecular flexibility index (Phi) is 9.06. The summed E-state index contributed by atoms with van der Waals surface area (Å²) >= 11 is 1.13. The first-order valence-corrected chi connectivity index (χ1v) is 12.9. The monoisotopic (exact) mass is 481 g/mol. The van der Waals surface area contributed by atoms with E-state index >= 15 is 0 Å². The quantitative estimate of drug-likeness (QED) is 0.529. The van der Waals surface area contributed by atoms with E-state index in [0.717, 1.165) is 59.6 Å². The molecule has 1 N–H and O–H groups in total. The van der Waals surface area contributed by atoms with Crippen molar-refractivity contribution in [3.63, 3.8) is 0 Å². The fourth-order valence-corrected chi connectivity index (χ4v) is 5.80. The van der Waals surface area contributed by atoms with Crippen LogP contribution < -0.4 is 10.1 Å². The van der Waals surface area contributed by atoms with Gasteiger partial charge in [-0.05, 0) is 49.0 Å². The number of hydrogen-bond acceptors (Lipinski definition) is 7. The summed E-state index contributed by atoms with van der Waals surface area (Å²) in [5.41, 5.74) is 0.886. The molecular formula is C22H31N3O5S2. The first-order valence-electron chi connectivity index (χ1n) is 10.6. The molecule has 0 atom stereocenters. The molecule has 1 saturated heterocycles. The zero-order chi connectivity index (χ0) is 23.0. The lowest BCUT2D eigenvalue weighted by Gasteiger charge is -2.31. The van der Waals surface area contributed by atoms with E-state index in [1.807, 2.05) is 24.3 Å². The van der Waals surface area contributed by atoms with Gasteiger partial charge in [0.05, 0.1) is 6.54 Å². The fraction of sp³-hybridized carbons (Fsp3) is 0.500. The summed E-state index contributed by atoms with van der Waals surface area (Å²) in [6.45, 7) is 3.10. The van der Waals surface area contributed by atoms with Crippen molar-refractivity contribution in [2.24, 2.45) is 0 Å². The molecule has 0 unspecified atom stereocenters. The molecule has 176 valence electrons. The van der Waals surface area contributed by atoms with Crippen molar-refractivity contribution in [1.82, 2.24) is 14.5 Å². The SMILES string of the molecule is CN(CCOc1cccc(CNC(=O)CN(C)S(=O)(=O)c2cccs2)c1)C1CCOCC1. The van der Waals surface area contributed by atoms with Crippen molar-refractivity contribution < 1.29 is 22.7 Å². The molecule has 0 bridgehead atoms. The second-order valence-corrected chi connectivity index (χ2v) is 11.0. The van der Waals surface area contributed by atoms with Crippen molar-refractivity contribution in [2.45, 2.75) is 29.6 Å². The molecular weight excluding hydrogens is 450 g/mol. The van der Waals surface area contributed by atoms with Crippen LogP contribution in [0.5, 0.6) is 5.75 Å². The summed E-state index contributed by atoms with van der Waals surface area (Å²) in [6.07, 6.45) is 2.10. The van der Waals surface area contributed by atoms with Crippen molar-refractivity contribution in [2.75, 3.05) is 47.0 Å². The Morgan fingerprint density at radius 3 is 2.72 bits per heavy atom. The van der Waals surface area contributed by atoms with Gasteiger partial charge in [0, 0.05) is 39.4 Å². The van der Waals surface area contributed by atoms with Gasteiger partial charge in [0.1, 0.15) is 16.6 Å². The van der Waals surface area contributed by atoms with Crippen LogP contribution in [0.3, 0.4) is 0 Å². The number of carbonyl (C=O) groups excluding carboxylic acids is 1. The van der Waals surface area contributed by atoms with Crippen LogP contribution in [0.15, 0.2) is 46.0 Å². The Bertz CT molecular complexity index is 960. The first-order chi connectivity index (χ1) is 15.4. The van der Waals surface area contributed by atoms with Gasteiger partial charge >= 0.3 is 0 Å². The summed E-state index contributed by atoms with van der Waals surface area (Å²) < 4.78 is 37.4. The molecule has 0 saturated carbocycles. The predicted octanol–water partition coefficient (Wildman–Crippen LogP) is 2.17. The molecule has 1 fully saturated rings. The largest absolute Gasteiger partial charge is 0.492 e. The summed E-state index contributed by atoms with van der Waals surface area (Å²) in [5, 5.41) is 4.47. The van der Waals surface area contributed by atoms with Gasteiger partial charge in [-0.25, -0.2) is 8.42 Å². The predicted molar refractivity (Wildman–Crippen MR) is 124 cm³/mol. The number of hydrogen-bond donors (Lipinski definition) is 1. The van der Waals surface area contributed by atoms with Gasteiger partial charge in [-0.2, -0.15) is 4.31 Å². The van der Waals surface area contributed by atoms with E-state index in [9.17, 15) is 13.2 Å². The minimum Gasteiger partial charge on any atom is -0.492 e. The summed E-state index contributed by atoms with van der Waals surface area (Å²) in [5.74, 6) is 0.381. The Morgan fingerprint density at radius 1 is 1.22 bits per heavy atom. The maximum absolute atomic E-state index is 12.4. The number of thiophene rings is 1. The van der Waals surface area contributed by atoms with Crippen LogP contribution in [0, 0.1) is 0 Å². The molecule has 1 amide bonds. The molecule has 1 aromatic heterocycles. The third-order valence-corrected chi connectivity index (χ3v) is 8.62. The molecule has 0 radical (unpaired) electrons. The zero-order valence-electron chi connectivity index (χ0n) is 18.5. The zero-order valence-corrected chi connectivity index (χ0v) is 20.2. The molecule has 1 aliphatic heterocycles. The van der Waals surface area contributed by atoms with E-state index in [0.29, 0.717) is 19.2 Å². The molecule has 2 heterocycles. The van der Waals surface area contributed by atoms with Crippen molar-refractivity contribution in [3.05, 3.63) is 47.3 Å². The van der Waals surface area contributed by atoms with E-state index in [1.54, 1.807) is 11.4 Å². The number of benzene rings is 1. The van der Waals surface area contributed by atoms with Crippen molar-refractivity contribution in [3.8, 4) is 5.75 Å². The van der Waals surface area contributed by atoms with Gasteiger partial charge in [-0.15, -0.1) is 11.3 Å². The highest BCUT2D eigenvalue weighted by Gasteiger charge is 2.23. The second-order valence-electron chi connectivity index (χ2n) is 7.79. The number of carbonyl (C=O) groups is 1. The molecule has 0 aliphatic carbocycles. The Hall–Kier alpha value is -1.98. The number of amides is 1. The first kappa shape index (κ1) is 24.7. The normalized spacial score (nSPS) is 15.2. The highest BCUT2D eigenvalue weighted by atomic mass is 32.2. The van der Waals surface area contributed by atoms with Crippen molar-refractivity contribution >= 4 is 27.3 Å². The number of ether oxygens (including phenoxy) is 2. The number of nitrogens with one attached hydrogen (secondary N) is 1. The van der Waals surface area contributed by atoms with E-state index in [2.05, 4.69) is 17.3 Å². The lowest BCUT2D eigenvalue weighted by molar-refractivity contribution is -0.121. The van der Waals surface area contributed by atoms with Crippen LogP contribution in [0.2, 0.25) is 0 Å². The minimum absolute atomic E-state index is 0.222. The van der Waals surface area contributed by atoms with Gasteiger partial charge in [0.15, 0.2) is 0 Å². The fourth-order valence-electron chi connectivity index (χ4n) is 3.47. The highest BCUT2D eigenvalue weighted by molar-refractivity contribution is 7.91. The van der Waals surface area contributed by atoms with Crippen LogP contribution in [-0.2, 0) is 26.1 Å². The third-order valence-electron chi connectivity index (χ3n) is 5.44. The summed E-state index contributed by atoms with van der Waals surface area (Å²) in [4.78, 5) is 14.6. The lowest BCUT2D eigenvalue weighted by Crippen LogP contribution is -2.38. The summed E-state index contributed by atoms with van der Waals surface area (Å²) in [7, 11) is -0.131. The molecule has 0 spiro atoms. The Morgan fingerprint density at radius 2 is 2.00 bits per heavy atom. The second kappa shape index (κ2) is 11.8. The van der Waals surface area contributed by atoms with E-state index in [-0.39, 0.29) is 16.7 Å². The maximum atomic E-state index is 12.4. The number of rotatable bonds is 11. The van der Waals surface area contributed by atoms with Crippen LogP contribution in [-0.4, -0.2) is 76.6 Å². The number of nitrogens with zero attached hydrogens (tertiary/aromatic N) is 2. The third kappa shape index (κ3) is 7.01. The molecule has 8 nitrogen and oxygen atoms in total. The topological polar surface area (TPSA) is 88.2 Å². The van der Waals surface area contributed by atoms with Crippen LogP contribution in [0.1, 0.15) is 18.4 Å². The van der Waals surface area contributed by atoms with Crippen LogP contribution in [0.25, 0.3) is 0 Å². The van der Waals surface area contributed by atoms with Gasteiger partial charge in [-0.3, -0.25) is 9.69 Å². The summed E-state index contributed by atoms with van der Waals surface area (Å²) in [6, 6.07) is 11.3. The van der Waals surface area contributed by atoms with Gasteiger partial charge in [0.2, 0.25) is 5.91 Å². The van der Waals surface area contributed by atoms with E-state index in [4.69, 9.17) is 9.47 Å². The molecule has 32 heavy (non-hydrogen) atoms. The van der Waals surface area contributed by atoms with Crippen LogP contribution in [0.4, 0.5) is 0 Å². The van der Waals surface area contributed by atoms with E-state index < -0.39 is 10.0 Å². The lowest BCUT2D eigenvalue weighted by atomic mass is 10.1. The Labute approximate surface area is 194 Å². The van der Waals surface area contributed by atoms with Gasteiger partial charge in [-0.1, -0.05) is 18.2 Å². The Balaban J connectivity index is 1.42. The molecule has 2 aromatic rings. The average molecular weight is 482 g/mol. The number of likely N-dealkylation sites (N-methyl/N-ethyl adjacent to an activating group) is 2. The number of sulfonamides is 1. The van der Waals surface area contributed by atoms with Gasteiger partial charge in [0.25, 0.3) is 10.0 Å². The van der Waals surface area contributed by atoms with Crippen molar-refractivity contribution in [1.29, 1.82) is 0 Å². The highest BCUT2D eigenvalue weighted by Crippen LogP contribution is 2.19. The molecule has 1 aromatic carbocycles. The maximum Gasteiger partial charge on any atom is 0.252 e. The average Bonchev–Trinajstić information content (AvgIpc) is 3.34. The molecule has 1 aliphatic rings. The van der Waals surface area contributed by atoms with Crippen LogP contribution >= 0.6 is 11.3 Å². The standard InChI is InChI=1S/C22H31N3O5S2/c1-24(19-8-11-29-12-9-19)10-13-30-20-6-3-5-18(15-20)16-23-21(26)17-25(2)32(27,28)22-7-4-14-31-22/h3-7,14-15,19H,8-13,16-17H2,1-2H3,(H,23,26). The van der Waals surface area contributed by atoms with E-state index in [1.165, 1.54) is 13.1 Å².